The second-order valence-corrected chi connectivity index (χ2v) is 16.5. The molecule has 0 N–H and O–H groups in total. The maximum Gasteiger partial charge on any atom is 0.0975 e. The maximum absolute atomic E-state index is 5.62. The van der Waals surface area contributed by atoms with Gasteiger partial charge in [-0.25, -0.2) is 0 Å². The van der Waals surface area contributed by atoms with Crippen LogP contribution in [0.5, 0.6) is 0 Å². The molecule has 0 bridgehead atoms. The fourth-order valence-electron chi connectivity index (χ4n) is 9.36. The number of allylic oxidation sites excluding steroid dienone is 1. The van der Waals surface area contributed by atoms with E-state index in [1.165, 1.54) is 97.8 Å². The molecule has 12 rings (SSSR count). The van der Waals surface area contributed by atoms with Gasteiger partial charge in [0.2, 0.25) is 0 Å². The van der Waals surface area contributed by atoms with Crippen molar-refractivity contribution < 1.29 is 0 Å². The Labute approximate surface area is 331 Å². The summed E-state index contributed by atoms with van der Waals surface area (Å²) in [4.78, 5) is 5.62. The first kappa shape index (κ1) is 32.4. The second kappa shape index (κ2) is 12.8. The lowest BCUT2D eigenvalue weighted by Crippen LogP contribution is -2.08. The van der Waals surface area contributed by atoms with E-state index in [0.29, 0.717) is 8.58 Å². The van der Waals surface area contributed by atoms with Gasteiger partial charge in [0.1, 0.15) is 0 Å². The first-order valence-electron chi connectivity index (χ1n) is 19.7. The molecule has 2 heterocycles. The summed E-state index contributed by atoms with van der Waals surface area (Å²) < 4.78 is 2.49. The lowest BCUT2D eigenvalue weighted by atomic mass is 9.92. The molecule has 0 fully saturated rings. The zero-order valence-electron chi connectivity index (χ0n) is 31.0. The molecule has 3 heteroatoms. The standard InChI is InChI=1S/C54H35N2P/c1-2-14-38-36(13-1)31-48(43-19-7-3-15-39(38)43)34-25-27-35(28-26-34)50-33-53(56-51-23-11-9-21-46(51)47-22-10-12-24-52(47)56)57-54(55-50)37-29-30-45-42-18-5-4-16-40(42)41-17-6-8-20-44(41)49(45)32-37/h1-33,54,57H. The SMILES string of the molecule is C1=C(n2c3ccccc3c3ccccc32)PC(c2ccc3c4ccccc4c4ccccc4c3c2)N=C1c1ccc(-c2cc3ccccc3c3ccccc23)cc1. The molecule has 266 valence electrons. The minimum absolute atomic E-state index is 0.0429. The highest BCUT2D eigenvalue weighted by molar-refractivity contribution is 7.50. The molecule has 2 nitrogen and oxygen atoms in total. The van der Waals surface area contributed by atoms with Crippen LogP contribution in [0, 0.1) is 0 Å². The van der Waals surface area contributed by atoms with E-state index >= 15 is 0 Å². The van der Waals surface area contributed by atoms with E-state index in [9.17, 15) is 0 Å². The van der Waals surface area contributed by atoms with Gasteiger partial charge in [-0.1, -0.05) is 170 Å². The Morgan fingerprint density at radius 3 is 1.49 bits per heavy atom. The van der Waals surface area contributed by atoms with E-state index in [4.69, 9.17) is 4.99 Å². The Balaban J connectivity index is 1.04. The van der Waals surface area contributed by atoms with E-state index in [0.717, 1.165) is 11.3 Å². The number of hydrogen-bond acceptors (Lipinski definition) is 1. The number of benzene rings is 10. The zero-order chi connectivity index (χ0) is 37.5. The Bertz CT molecular complexity index is 3410. The molecule has 0 spiro atoms. The number of aliphatic imine (C=N–C) groups is 1. The summed E-state index contributed by atoms with van der Waals surface area (Å²) >= 11 is 0. The zero-order valence-corrected chi connectivity index (χ0v) is 32.0. The van der Waals surface area contributed by atoms with Crippen molar-refractivity contribution in [1.82, 2.24) is 4.57 Å². The summed E-state index contributed by atoms with van der Waals surface area (Å²) in [5.74, 6) is -0.0429. The number of fused-ring (bicyclic) bond motifs is 12. The molecule has 57 heavy (non-hydrogen) atoms. The van der Waals surface area contributed by atoms with Crippen LogP contribution in [0.2, 0.25) is 0 Å². The monoisotopic (exact) mass is 742 g/mol. The van der Waals surface area contributed by atoms with Crippen LogP contribution in [-0.2, 0) is 0 Å². The van der Waals surface area contributed by atoms with E-state index < -0.39 is 0 Å². The summed E-state index contributed by atoms with van der Waals surface area (Å²) in [6.07, 6.45) is 2.35. The fourth-order valence-corrected chi connectivity index (χ4v) is 10.8. The van der Waals surface area contributed by atoms with Gasteiger partial charge in [0, 0.05) is 16.2 Å². The van der Waals surface area contributed by atoms with Crippen LogP contribution in [0.15, 0.2) is 205 Å². The smallest absolute Gasteiger partial charge is 0.0975 e. The minimum atomic E-state index is -0.0429. The van der Waals surface area contributed by atoms with Gasteiger partial charge in [0.05, 0.1) is 22.5 Å². The van der Waals surface area contributed by atoms with Crippen molar-refractivity contribution in [2.24, 2.45) is 4.99 Å². The first-order chi connectivity index (χ1) is 28.3. The molecule has 11 aromatic rings. The molecule has 10 aromatic carbocycles. The number of para-hydroxylation sites is 2. The highest BCUT2D eigenvalue weighted by Crippen LogP contribution is 2.51. The predicted octanol–water partition coefficient (Wildman–Crippen LogP) is 14.9. The first-order valence-corrected chi connectivity index (χ1v) is 20.7. The van der Waals surface area contributed by atoms with Gasteiger partial charge in [-0.05, 0) is 115 Å². The van der Waals surface area contributed by atoms with Gasteiger partial charge >= 0.3 is 0 Å². The third-order valence-electron chi connectivity index (χ3n) is 12.0. The normalized spacial score (nSPS) is 15.1. The molecule has 2 unspecified atom stereocenters. The van der Waals surface area contributed by atoms with Crippen LogP contribution < -0.4 is 0 Å². The molecular formula is C54H35N2P. The van der Waals surface area contributed by atoms with Gasteiger partial charge in [-0.3, -0.25) is 4.99 Å². The van der Waals surface area contributed by atoms with E-state index in [2.05, 4.69) is 205 Å². The Morgan fingerprint density at radius 1 is 0.386 bits per heavy atom. The van der Waals surface area contributed by atoms with Gasteiger partial charge in [0.25, 0.3) is 0 Å². The average Bonchev–Trinajstić information content (AvgIpc) is 3.63. The fraction of sp³-hybridized carbons (Fsp3) is 0.0185. The summed E-state index contributed by atoms with van der Waals surface area (Å²) in [5, 5.41) is 15.4. The third kappa shape index (κ3) is 5.11. The highest BCUT2D eigenvalue weighted by atomic mass is 31.1. The molecule has 0 radical (unpaired) electrons. The van der Waals surface area contributed by atoms with Gasteiger partial charge in [-0.2, -0.15) is 0 Å². The third-order valence-corrected chi connectivity index (χ3v) is 13.4. The molecule has 1 aromatic heterocycles. The van der Waals surface area contributed by atoms with Crippen molar-refractivity contribution in [3.05, 3.63) is 211 Å². The van der Waals surface area contributed by atoms with Crippen molar-refractivity contribution in [2.75, 3.05) is 0 Å². The highest BCUT2D eigenvalue weighted by Gasteiger charge is 2.24. The van der Waals surface area contributed by atoms with Gasteiger partial charge < -0.3 is 4.57 Å². The molecule has 1 aliphatic heterocycles. The average molecular weight is 743 g/mol. The second-order valence-electron chi connectivity index (χ2n) is 15.1. The molecule has 0 saturated heterocycles. The molecule has 0 saturated carbocycles. The number of rotatable bonds is 4. The molecule has 2 atom stereocenters. The van der Waals surface area contributed by atoms with Gasteiger partial charge in [0.15, 0.2) is 0 Å². The lowest BCUT2D eigenvalue weighted by Gasteiger charge is -2.24. The lowest BCUT2D eigenvalue weighted by molar-refractivity contribution is 1.02. The van der Waals surface area contributed by atoms with Crippen molar-refractivity contribution in [2.45, 2.75) is 5.78 Å². The number of aromatic nitrogens is 1. The molecule has 0 amide bonds. The van der Waals surface area contributed by atoms with Gasteiger partial charge in [-0.15, -0.1) is 0 Å². The van der Waals surface area contributed by atoms with Crippen LogP contribution in [-0.4, -0.2) is 10.3 Å². The van der Waals surface area contributed by atoms with E-state index in [-0.39, 0.29) is 5.78 Å². The van der Waals surface area contributed by atoms with Crippen molar-refractivity contribution >= 4 is 95.4 Å². The molecular weight excluding hydrogens is 708 g/mol. The minimum Gasteiger partial charge on any atom is -0.309 e. The van der Waals surface area contributed by atoms with Crippen LogP contribution in [0.25, 0.3) is 92.2 Å². The van der Waals surface area contributed by atoms with Crippen molar-refractivity contribution in [3.8, 4) is 11.1 Å². The largest absolute Gasteiger partial charge is 0.309 e. The van der Waals surface area contributed by atoms with Crippen LogP contribution >= 0.6 is 8.58 Å². The van der Waals surface area contributed by atoms with Crippen LogP contribution in [0.4, 0.5) is 0 Å². The predicted molar refractivity (Wildman–Crippen MR) is 247 cm³/mol. The number of hydrogen-bond donors (Lipinski definition) is 0. The van der Waals surface area contributed by atoms with Crippen molar-refractivity contribution in [1.29, 1.82) is 0 Å². The van der Waals surface area contributed by atoms with Crippen LogP contribution in [0.1, 0.15) is 16.9 Å². The maximum atomic E-state index is 5.62. The molecule has 1 aliphatic rings. The summed E-state index contributed by atoms with van der Waals surface area (Å²) in [7, 11) is 0.434. The summed E-state index contributed by atoms with van der Waals surface area (Å²) in [5.41, 5.74) is 9.55. The Hall–Kier alpha value is -6.86. The summed E-state index contributed by atoms with van der Waals surface area (Å²) in [6.45, 7) is 0. The van der Waals surface area contributed by atoms with E-state index in [1.807, 2.05) is 0 Å². The van der Waals surface area contributed by atoms with Crippen LogP contribution in [0.3, 0.4) is 0 Å². The summed E-state index contributed by atoms with van der Waals surface area (Å²) in [6, 6.07) is 71.3. The quantitative estimate of drug-likeness (QED) is 0.126. The van der Waals surface area contributed by atoms with E-state index in [1.54, 1.807) is 0 Å². The van der Waals surface area contributed by atoms with Crippen molar-refractivity contribution in [3.63, 3.8) is 0 Å². The Morgan fingerprint density at radius 2 is 0.860 bits per heavy atom. The Kier molecular flexibility index (Phi) is 7.30. The topological polar surface area (TPSA) is 17.3 Å². The molecule has 0 aliphatic carbocycles. The number of nitrogens with zero attached hydrogens (tertiary/aromatic N) is 2.